The number of esters is 1. The maximum Gasteiger partial charge on any atom is 0.316 e. The van der Waals surface area contributed by atoms with Crippen LogP contribution in [0.3, 0.4) is 0 Å². The van der Waals surface area contributed by atoms with Crippen LogP contribution < -0.4 is 10.1 Å². The molecule has 0 unspecified atom stereocenters. The van der Waals surface area contributed by atoms with E-state index in [1.165, 1.54) is 29.2 Å². The molecule has 0 bridgehead atoms. The van der Waals surface area contributed by atoms with E-state index in [1.54, 1.807) is 24.3 Å². The number of hydrogen-bond acceptors (Lipinski definition) is 10. The van der Waals surface area contributed by atoms with E-state index in [-0.39, 0.29) is 17.6 Å². The third-order valence-electron chi connectivity index (χ3n) is 3.63. The van der Waals surface area contributed by atoms with Crippen LogP contribution in [0, 0.1) is 6.92 Å². The van der Waals surface area contributed by atoms with Gasteiger partial charge in [-0.25, -0.2) is 4.98 Å². The molecular formula is C20H20N4O4S3. The van der Waals surface area contributed by atoms with E-state index >= 15 is 0 Å². The summed E-state index contributed by atoms with van der Waals surface area (Å²) in [6.45, 7) is 4.39. The van der Waals surface area contributed by atoms with Gasteiger partial charge in [-0.05, 0) is 26.0 Å². The summed E-state index contributed by atoms with van der Waals surface area (Å²) >= 11 is 3.98. The number of rotatable bonds is 10. The van der Waals surface area contributed by atoms with Crippen LogP contribution in [-0.4, -0.2) is 39.4 Å². The highest BCUT2D eigenvalue weighted by atomic mass is 32.2. The topological polar surface area (TPSA) is 103 Å². The van der Waals surface area contributed by atoms with E-state index < -0.39 is 0 Å². The standard InChI is InChI=1S/C20H20N4O4S3/c1-3-27-18(26)12-30-20-24-23-19(31-20)22-17(25)9-8-14-6-4-5-7-16(14)28-10-15-11-29-13(2)21-15/h4-9,11H,3,10,12H2,1-2H3,(H,22,23,25)/b9-8+. The van der Waals surface area contributed by atoms with E-state index in [0.29, 0.717) is 28.4 Å². The fourth-order valence-corrected chi connectivity index (χ4v) is 4.48. The molecule has 3 aromatic rings. The zero-order valence-corrected chi connectivity index (χ0v) is 19.3. The number of anilines is 1. The first kappa shape index (κ1) is 22.9. The number of para-hydroxylation sites is 1. The minimum Gasteiger partial charge on any atom is -0.487 e. The molecule has 162 valence electrons. The molecule has 0 aliphatic rings. The van der Waals surface area contributed by atoms with E-state index in [0.717, 1.165) is 16.3 Å². The smallest absolute Gasteiger partial charge is 0.316 e. The molecule has 1 N–H and O–H groups in total. The lowest BCUT2D eigenvalue weighted by atomic mass is 10.2. The number of benzene rings is 1. The van der Waals surface area contributed by atoms with Gasteiger partial charge in [0.15, 0.2) is 4.34 Å². The van der Waals surface area contributed by atoms with Crippen LogP contribution in [0.15, 0.2) is 40.1 Å². The number of aromatic nitrogens is 3. The number of hydrogen-bond donors (Lipinski definition) is 1. The van der Waals surface area contributed by atoms with Crippen molar-refractivity contribution < 1.29 is 19.1 Å². The molecule has 8 nitrogen and oxygen atoms in total. The number of nitrogens with zero attached hydrogens (tertiary/aromatic N) is 3. The number of carbonyl (C=O) groups is 2. The van der Waals surface area contributed by atoms with Crippen molar-refractivity contribution in [1.29, 1.82) is 0 Å². The predicted octanol–water partition coefficient (Wildman–Crippen LogP) is 4.19. The lowest BCUT2D eigenvalue weighted by molar-refractivity contribution is -0.139. The Hall–Kier alpha value is -2.76. The second-order valence-corrected chi connectivity index (χ2v) is 9.24. The maximum absolute atomic E-state index is 12.3. The molecule has 31 heavy (non-hydrogen) atoms. The minimum atomic E-state index is -0.344. The highest BCUT2D eigenvalue weighted by Gasteiger charge is 2.10. The summed E-state index contributed by atoms with van der Waals surface area (Å²) in [4.78, 5) is 28.0. The van der Waals surface area contributed by atoms with Crippen LogP contribution in [0.2, 0.25) is 0 Å². The molecule has 1 amide bonds. The van der Waals surface area contributed by atoms with E-state index in [2.05, 4.69) is 20.5 Å². The predicted molar refractivity (Wildman–Crippen MR) is 123 cm³/mol. The molecule has 0 saturated carbocycles. The van der Waals surface area contributed by atoms with Gasteiger partial charge in [-0.2, -0.15) is 0 Å². The summed E-state index contributed by atoms with van der Waals surface area (Å²) in [6.07, 6.45) is 3.08. The number of carbonyl (C=O) groups excluding carboxylic acids is 2. The van der Waals surface area contributed by atoms with Crippen molar-refractivity contribution in [2.45, 2.75) is 24.8 Å². The lowest BCUT2D eigenvalue weighted by Crippen LogP contribution is -2.07. The fourth-order valence-electron chi connectivity index (χ4n) is 2.33. The average molecular weight is 477 g/mol. The highest BCUT2D eigenvalue weighted by molar-refractivity contribution is 8.01. The second-order valence-electron chi connectivity index (χ2n) is 5.97. The third-order valence-corrected chi connectivity index (χ3v) is 6.40. The molecule has 0 radical (unpaired) electrons. The van der Waals surface area contributed by atoms with Crippen molar-refractivity contribution in [2.24, 2.45) is 0 Å². The minimum absolute atomic E-state index is 0.146. The summed E-state index contributed by atoms with van der Waals surface area (Å²) in [6, 6.07) is 7.44. The Bertz CT molecular complexity index is 1060. The summed E-state index contributed by atoms with van der Waals surface area (Å²) in [5, 5.41) is 13.8. The largest absolute Gasteiger partial charge is 0.487 e. The summed E-state index contributed by atoms with van der Waals surface area (Å²) in [7, 11) is 0. The molecule has 1 aromatic carbocycles. The number of nitrogens with one attached hydrogen (secondary N) is 1. The van der Waals surface area contributed by atoms with Crippen molar-refractivity contribution in [1.82, 2.24) is 15.2 Å². The first-order valence-corrected chi connectivity index (χ1v) is 12.0. The van der Waals surface area contributed by atoms with Crippen LogP contribution in [0.5, 0.6) is 5.75 Å². The van der Waals surface area contributed by atoms with Crippen molar-refractivity contribution >= 4 is 57.5 Å². The number of thiazole rings is 1. The van der Waals surface area contributed by atoms with E-state index in [4.69, 9.17) is 9.47 Å². The Morgan fingerprint density at radius 3 is 2.87 bits per heavy atom. The summed E-state index contributed by atoms with van der Waals surface area (Å²) in [5.41, 5.74) is 1.64. The van der Waals surface area contributed by atoms with Gasteiger partial charge in [0.2, 0.25) is 11.0 Å². The van der Waals surface area contributed by atoms with Crippen molar-refractivity contribution in [2.75, 3.05) is 17.7 Å². The van der Waals surface area contributed by atoms with Crippen LogP contribution >= 0.6 is 34.4 Å². The van der Waals surface area contributed by atoms with Gasteiger partial charge in [0.05, 0.1) is 23.1 Å². The Balaban J connectivity index is 1.54. The quantitative estimate of drug-likeness (QED) is 0.201. The molecule has 0 aliphatic carbocycles. The van der Waals surface area contributed by atoms with Crippen molar-refractivity contribution in [3.8, 4) is 5.75 Å². The van der Waals surface area contributed by atoms with Gasteiger partial charge in [0.25, 0.3) is 0 Å². The average Bonchev–Trinajstić information content (AvgIpc) is 3.38. The van der Waals surface area contributed by atoms with Crippen LogP contribution in [0.25, 0.3) is 6.08 Å². The molecule has 2 aromatic heterocycles. The Labute approximate surface area is 191 Å². The van der Waals surface area contributed by atoms with Gasteiger partial charge in [0, 0.05) is 17.0 Å². The molecule has 11 heteroatoms. The third kappa shape index (κ3) is 7.46. The van der Waals surface area contributed by atoms with Crippen molar-refractivity contribution in [3.05, 3.63) is 52.0 Å². The maximum atomic E-state index is 12.3. The van der Waals surface area contributed by atoms with Gasteiger partial charge in [-0.15, -0.1) is 21.5 Å². The van der Waals surface area contributed by atoms with Crippen LogP contribution in [0.4, 0.5) is 5.13 Å². The zero-order valence-electron chi connectivity index (χ0n) is 16.9. The summed E-state index contributed by atoms with van der Waals surface area (Å²) in [5.74, 6) is 0.143. The summed E-state index contributed by atoms with van der Waals surface area (Å²) < 4.78 is 11.3. The van der Waals surface area contributed by atoms with Gasteiger partial charge >= 0.3 is 5.97 Å². The fraction of sp³-hybridized carbons (Fsp3) is 0.250. The van der Waals surface area contributed by atoms with Crippen LogP contribution in [0.1, 0.15) is 23.2 Å². The Morgan fingerprint density at radius 2 is 2.10 bits per heavy atom. The second kappa shape index (κ2) is 11.6. The van der Waals surface area contributed by atoms with Gasteiger partial charge in [-0.1, -0.05) is 41.3 Å². The molecule has 0 spiro atoms. The molecule has 3 rings (SSSR count). The van der Waals surface area contributed by atoms with Gasteiger partial charge in [0.1, 0.15) is 12.4 Å². The molecule has 0 saturated heterocycles. The van der Waals surface area contributed by atoms with Crippen molar-refractivity contribution in [3.63, 3.8) is 0 Å². The SMILES string of the molecule is CCOC(=O)CSc1nnc(NC(=O)/C=C/c2ccccc2OCc2csc(C)n2)s1. The number of amides is 1. The molecule has 0 aliphatic heterocycles. The lowest BCUT2D eigenvalue weighted by Gasteiger charge is -2.07. The molecular weight excluding hydrogens is 456 g/mol. The first-order valence-electron chi connectivity index (χ1n) is 9.27. The van der Waals surface area contributed by atoms with E-state index in [9.17, 15) is 9.59 Å². The normalized spacial score (nSPS) is 10.9. The van der Waals surface area contributed by atoms with Gasteiger partial charge in [-0.3, -0.25) is 14.9 Å². The van der Waals surface area contributed by atoms with Gasteiger partial charge < -0.3 is 9.47 Å². The highest BCUT2D eigenvalue weighted by Crippen LogP contribution is 2.26. The Kier molecular flexibility index (Phi) is 8.56. The molecule has 2 heterocycles. The number of ether oxygens (including phenoxy) is 2. The van der Waals surface area contributed by atoms with Crippen LogP contribution in [-0.2, 0) is 20.9 Å². The molecule has 0 fully saturated rings. The van der Waals surface area contributed by atoms with E-state index in [1.807, 2.05) is 36.6 Å². The number of aryl methyl sites for hydroxylation is 1. The monoisotopic (exact) mass is 476 g/mol. The first-order chi connectivity index (χ1) is 15.0. The zero-order chi connectivity index (χ0) is 22.1. The molecule has 0 atom stereocenters. The number of thioether (sulfide) groups is 1. The Morgan fingerprint density at radius 1 is 1.26 bits per heavy atom.